The molecule has 2 rings (SSSR count). The summed E-state index contributed by atoms with van der Waals surface area (Å²) in [4.78, 5) is 22.5. The first-order valence-corrected chi connectivity index (χ1v) is 7.53. The van der Waals surface area contributed by atoms with E-state index < -0.39 is 11.5 Å². The summed E-state index contributed by atoms with van der Waals surface area (Å²) in [5, 5.41) is 9.74. The van der Waals surface area contributed by atoms with Crippen LogP contribution in [0.3, 0.4) is 0 Å². The minimum Gasteiger partial charge on any atom is -0.479 e. The van der Waals surface area contributed by atoms with Crippen LogP contribution < -0.4 is 9.64 Å². The van der Waals surface area contributed by atoms with Crippen molar-refractivity contribution in [3.8, 4) is 5.88 Å². The highest BCUT2D eigenvalue weighted by atomic mass is 16.5. The van der Waals surface area contributed by atoms with Gasteiger partial charge in [0.05, 0.1) is 6.61 Å². The minimum atomic E-state index is -0.883. The Morgan fingerprint density at radius 1 is 1.48 bits per heavy atom. The Kier molecular flexibility index (Phi) is 4.65. The predicted molar refractivity (Wildman–Crippen MR) is 79.8 cm³/mol. The Balaban J connectivity index is 2.41. The van der Waals surface area contributed by atoms with Gasteiger partial charge in [-0.3, -0.25) is 0 Å². The molecule has 0 radical (unpaired) electrons. The molecule has 1 aromatic rings. The molecule has 21 heavy (non-hydrogen) atoms. The smallest absolute Gasteiger partial charge is 0.329 e. The second kappa shape index (κ2) is 6.28. The van der Waals surface area contributed by atoms with Gasteiger partial charge in [-0.2, -0.15) is 4.98 Å². The normalized spacial score (nSPS) is 21.6. The van der Waals surface area contributed by atoms with Crippen LogP contribution in [-0.2, 0) is 4.79 Å². The lowest BCUT2D eigenvalue weighted by Gasteiger charge is -2.34. The van der Waals surface area contributed by atoms with Crippen molar-refractivity contribution in [2.45, 2.75) is 52.0 Å². The van der Waals surface area contributed by atoms with E-state index in [1.807, 2.05) is 25.7 Å². The average molecular weight is 293 g/mol. The lowest BCUT2D eigenvalue weighted by atomic mass is 9.91. The van der Waals surface area contributed by atoms with E-state index in [2.05, 4.69) is 9.97 Å². The van der Waals surface area contributed by atoms with Gasteiger partial charge in [-0.25, -0.2) is 9.78 Å². The second-order valence-corrected chi connectivity index (χ2v) is 5.42. The summed E-state index contributed by atoms with van der Waals surface area (Å²) in [6, 6.07) is 1.77. The molecular formula is C15H23N3O3. The average Bonchev–Trinajstić information content (AvgIpc) is 2.84. The maximum atomic E-state index is 11.9. The summed E-state index contributed by atoms with van der Waals surface area (Å²) in [5.74, 6) is 0.180. The fourth-order valence-corrected chi connectivity index (χ4v) is 3.04. The van der Waals surface area contributed by atoms with Crippen LogP contribution in [0.15, 0.2) is 6.07 Å². The zero-order valence-corrected chi connectivity index (χ0v) is 12.9. The van der Waals surface area contributed by atoms with Gasteiger partial charge in [0.1, 0.15) is 5.54 Å². The number of carboxylic acid groups (broad SMARTS) is 1. The molecule has 1 aliphatic heterocycles. The molecule has 6 heteroatoms. The third-order valence-electron chi connectivity index (χ3n) is 3.90. The van der Waals surface area contributed by atoms with Gasteiger partial charge in [-0.15, -0.1) is 0 Å². The first-order chi connectivity index (χ1) is 10.0. The number of carboxylic acids is 1. The van der Waals surface area contributed by atoms with Crippen LogP contribution in [0, 0.1) is 6.92 Å². The Labute approximate surface area is 125 Å². The SMILES string of the molecule is CCCC1(C(=O)O)CCCN1c1nc(C)cc(OCC)n1. The molecule has 1 aliphatic rings. The summed E-state index contributed by atoms with van der Waals surface area (Å²) in [6.45, 7) is 6.96. The molecular weight excluding hydrogens is 270 g/mol. The van der Waals surface area contributed by atoms with Crippen LogP contribution in [0.2, 0.25) is 0 Å². The van der Waals surface area contributed by atoms with E-state index in [9.17, 15) is 9.90 Å². The predicted octanol–water partition coefficient (Wildman–Crippen LogP) is 2.41. The highest BCUT2D eigenvalue weighted by molar-refractivity contribution is 5.83. The molecule has 6 nitrogen and oxygen atoms in total. The number of hydrogen-bond donors (Lipinski definition) is 1. The van der Waals surface area contributed by atoms with Gasteiger partial charge in [0.2, 0.25) is 11.8 Å². The van der Waals surface area contributed by atoms with Gasteiger partial charge < -0.3 is 14.7 Å². The van der Waals surface area contributed by atoms with Crippen molar-refractivity contribution in [2.75, 3.05) is 18.1 Å². The summed E-state index contributed by atoms with van der Waals surface area (Å²) in [7, 11) is 0. The van der Waals surface area contributed by atoms with E-state index in [0.29, 0.717) is 37.8 Å². The van der Waals surface area contributed by atoms with Gasteiger partial charge in [0.15, 0.2) is 0 Å². The molecule has 1 saturated heterocycles. The number of rotatable bonds is 6. The number of aliphatic carboxylic acids is 1. The summed E-state index contributed by atoms with van der Waals surface area (Å²) < 4.78 is 5.45. The molecule has 116 valence electrons. The Morgan fingerprint density at radius 3 is 2.86 bits per heavy atom. The van der Waals surface area contributed by atoms with Crippen molar-refractivity contribution in [2.24, 2.45) is 0 Å². The van der Waals surface area contributed by atoms with E-state index in [-0.39, 0.29) is 0 Å². The number of nitrogens with zero attached hydrogens (tertiary/aromatic N) is 3. The molecule has 0 aromatic carbocycles. The largest absolute Gasteiger partial charge is 0.479 e. The van der Waals surface area contributed by atoms with Crippen molar-refractivity contribution in [3.05, 3.63) is 11.8 Å². The Morgan fingerprint density at radius 2 is 2.24 bits per heavy atom. The number of ether oxygens (including phenoxy) is 1. The minimum absolute atomic E-state index is 0.465. The van der Waals surface area contributed by atoms with Gasteiger partial charge in [0, 0.05) is 18.3 Å². The topological polar surface area (TPSA) is 75.5 Å². The standard InChI is InChI=1S/C15H23N3O3/c1-4-7-15(13(19)20)8-6-9-18(15)14-16-11(3)10-12(17-14)21-5-2/h10H,4-9H2,1-3H3,(H,19,20). The quantitative estimate of drug-likeness (QED) is 0.868. The molecule has 0 bridgehead atoms. The highest BCUT2D eigenvalue weighted by Crippen LogP contribution is 2.37. The van der Waals surface area contributed by atoms with Gasteiger partial charge in [-0.1, -0.05) is 13.3 Å². The van der Waals surface area contributed by atoms with Crippen molar-refractivity contribution in [1.29, 1.82) is 0 Å². The number of aryl methyl sites for hydroxylation is 1. The highest BCUT2D eigenvalue weighted by Gasteiger charge is 2.48. The van der Waals surface area contributed by atoms with Crippen molar-refractivity contribution < 1.29 is 14.6 Å². The van der Waals surface area contributed by atoms with Gasteiger partial charge in [0.25, 0.3) is 0 Å². The molecule has 0 saturated carbocycles. The third kappa shape index (κ3) is 2.94. The lowest BCUT2D eigenvalue weighted by molar-refractivity contribution is -0.143. The van der Waals surface area contributed by atoms with Crippen LogP contribution >= 0.6 is 0 Å². The van der Waals surface area contributed by atoms with Crippen molar-refractivity contribution >= 4 is 11.9 Å². The van der Waals surface area contributed by atoms with Gasteiger partial charge >= 0.3 is 5.97 Å². The molecule has 1 fully saturated rings. The van der Waals surface area contributed by atoms with E-state index >= 15 is 0 Å². The van der Waals surface area contributed by atoms with Crippen molar-refractivity contribution in [3.63, 3.8) is 0 Å². The maximum Gasteiger partial charge on any atom is 0.329 e. The molecule has 0 aliphatic carbocycles. The molecule has 1 atom stereocenters. The molecule has 1 N–H and O–H groups in total. The van der Waals surface area contributed by atoms with E-state index in [4.69, 9.17) is 4.74 Å². The number of carbonyl (C=O) groups is 1. The Hall–Kier alpha value is -1.85. The number of anilines is 1. The van der Waals surface area contributed by atoms with E-state index in [1.165, 1.54) is 0 Å². The van der Waals surface area contributed by atoms with Gasteiger partial charge in [-0.05, 0) is 33.1 Å². The first-order valence-electron chi connectivity index (χ1n) is 7.53. The monoisotopic (exact) mass is 293 g/mol. The molecule has 1 unspecified atom stereocenters. The van der Waals surface area contributed by atoms with Crippen LogP contribution in [0.1, 0.15) is 45.2 Å². The molecule has 0 spiro atoms. The zero-order valence-electron chi connectivity index (χ0n) is 12.9. The first kappa shape index (κ1) is 15.5. The number of hydrogen-bond acceptors (Lipinski definition) is 5. The Bertz CT molecular complexity index is 521. The van der Waals surface area contributed by atoms with Crippen LogP contribution in [0.25, 0.3) is 0 Å². The lowest BCUT2D eigenvalue weighted by Crippen LogP contribution is -2.51. The van der Waals surface area contributed by atoms with Crippen LogP contribution in [-0.4, -0.2) is 39.7 Å². The van der Waals surface area contributed by atoms with Crippen LogP contribution in [0.5, 0.6) is 5.88 Å². The third-order valence-corrected chi connectivity index (χ3v) is 3.90. The van der Waals surface area contributed by atoms with E-state index in [0.717, 1.165) is 18.5 Å². The fraction of sp³-hybridized carbons (Fsp3) is 0.667. The van der Waals surface area contributed by atoms with Crippen LogP contribution in [0.4, 0.5) is 5.95 Å². The molecule has 1 aromatic heterocycles. The zero-order chi connectivity index (χ0) is 15.5. The number of aromatic nitrogens is 2. The summed E-state index contributed by atoms with van der Waals surface area (Å²) >= 11 is 0. The summed E-state index contributed by atoms with van der Waals surface area (Å²) in [6.07, 6.45) is 2.89. The fourth-order valence-electron chi connectivity index (χ4n) is 3.04. The van der Waals surface area contributed by atoms with E-state index in [1.54, 1.807) is 6.07 Å². The molecule has 2 heterocycles. The van der Waals surface area contributed by atoms with Crippen molar-refractivity contribution in [1.82, 2.24) is 9.97 Å². The molecule has 0 amide bonds. The summed E-state index contributed by atoms with van der Waals surface area (Å²) in [5.41, 5.74) is -0.0994. The maximum absolute atomic E-state index is 11.9. The second-order valence-electron chi connectivity index (χ2n) is 5.42.